The highest BCUT2D eigenvalue weighted by molar-refractivity contribution is 8.77. The fourth-order valence-corrected chi connectivity index (χ4v) is 5.69. The first kappa shape index (κ1) is 28.5. The Balaban J connectivity index is 2.23. The van der Waals surface area contributed by atoms with Gasteiger partial charge in [-0.15, -0.1) is 0 Å². The predicted molar refractivity (Wildman–Crippen MR) is 136 cm³/mol. The van der Waals surface area contributed by atoms with Crippen LogP contribution in [0.3, 0.4) is 0 Å². The van der Waals surface area contributed by atoms with Gasteiger partial charge < -0.3 is 32.7 Å². The van der Waals surface area contributed by atoms with Crippen LogP contribution in [0.5, 0.6) is 0 Å². The van der Waals surface area contributed by atoms with Gasteiger partial charge in [-0.05, 0) is 19.4 Å². The average molecular weight is 525 g/mol. The molecule has 192 valence electrons. The maximum atomic E-state index is 13.0. The zero-order valence-corrected chi connectivity index (χ0v) is 21.3. The van der Waals surface area contributed by atoms with Crippen LogP contribution < -0.4 is 32.7 Å². The molecule has 1 fully saturated rings. The summed E-state index contributed by atoms with van der Waals surface area (Å²) in [5, 5.41) is 10.3. The molecule has 1 saturated heterocycles. The molecular formula is C22H32N6O5S2. The number of amides is 5. The van der Waals surface area contributed by atoms with E-state index in [1.807, 2.05) is 19.9 Å². The SMILES string of the molecule is CC1(C)CNC(=O)CC(N)C(=O)NCC(=O)NC(Cc2ccccc2)C(=O)NC(C(N)=O)CSS1. The van der Waals surface area contributed by atoms with Crippen molar-refractivity contribution >= 4 is 51.1 Å². The van der Waals surface area contributed by atoms with E-state index < -0.39 is 59.0 Å². The van der Waals surface area contributed by atoms with Crippen LogP contribution in [-0.2, 0) is 30.4 Å². The topological polar surface area (TPSA) is 186 Å². The Bertz CT molecular complexity index is 930. The van der Waals surface area contributed by atoms with Crippen molar-refractivity contribution in [2.24, 2.45) is 11.5 Å². The molecule has 1 aromatic rings. The van der Waals surface area contributed by atoms with Crippen molar-refractivity contribution in [1.29, 1.82) is 0 Å². The number of nitrogens with one attached hydrogen (secondary N) is 4. The minimum atomic E-state index is -1.13. The molecule has 1 aliphatic heterocycles. The summed E-state index contributed by atoms with van der Waals surface area (Å²) in [6.45, 7) is 3.65. The zero-order valence-electron chi connectivity index (χ0n) is 19.7. The third kappa shape index (κ3) is 10.2. The number of benzene rings is 1. The summed E-state index contributed by atoms with van der Waals surface area (Å²) < 4.78 is -0.422. The fraction of sp³-hybridized carbons (Fsp3) is 0.500. The number of hydrogen-bond acceptors (Lipinski definition) is 8. The molecule has 0 spiro atoms. The van der Waals surface area contributed by atoms with Crippen LogP contribution in [0, 0.1) is 0 Å². The first-order valence-corrected chi connectivity index (χ1v) is 13.3. The van der Waals surface area contributed by atoms with Crippen LogP contribution in [-0.4, -0.2) is 71.3 Å². The van der Waals surface area contributed by atoms with E-state index in [0.29, 0.717) is 0 Å². The number of primary amides is 1. The van der Waals surface area contributed by atoms with E-state index in [1.165, 1.54) is 21.6 Å². The van der Waals surface area contributed by atoms with E-state index in [4.69, 9.17) is 11.5 Å². The van der Waals surface area contributed by atoms with Gasteiger partial charge in [0.2, 0.25) is 29.5 Å². The Morgan fingerprint density at radius 3 is 2.37 bits per heavy atom. The van der Waals surface area contributed by atoms with Gasteiger partial charge in [-0.2, -0.15) is 0 Å². The van der Waals surface area contributed by atoms with Gasteiger partial charge in [0.15, 0.2) is 0 Å². The van der Waals surface area contributed by atoms with E-state index >= 15 is 0 Å². The van der Waals surface area contributed by atoms with Crippen molar-refractivity contribution in [1.82, 2.24) is 21.3 Å². The summed E-state index contributed by atoms with van der Waals surface area (Å²) >= 11 is 0. The standard InChI is InChI=1S/C22H32N6O5S2/c1-22(2)12-26-17(29)9-14(23)20(32)25-10-18(30)27-15(8-13-6-4-3-5-7-13)21(33)28-16(19(24)31)11-34-35-22/h3-7,14-16H,8-12,23H2,1-2H3,(H2,24,31)(H,25,32)(H,26,29)(H,27,30)(H,28,33). The molecule has 0 aromatic heterocycles. The van der Waals surface area contributed by atoms with E-state index in [1.54, 1.807) is 24.3 Å². The molecular weight excluding hydrogens is 492 g/mol. The first-order valence-electron chi connectivity index (χ1n) is 11.0. The van der Waals surface area contributed by atoms with Gasteiger partial charge in [0.05, 0.1) is 19.0 Å². The van der Waals surface area contributed by atoms with Gasteiger partial charge in [-0.1, -0.05) is 51.9 Å². The van der Waals surface area contributed by atoms with E-state index in [-0.39, 0.29) is 25.1 Å². The minimum Gasteiger partial charge on any atom is -0.368 e. The third-order valence-corrected chi connectivity index (χ3v) is 8.29. The van der Waals surface area contributed by atoms with Crippen molar-refractivity contribution in [3.8, 4) is 0 Å². The summed E-state index contributed by atoms with van der Waals surface area (Å²) in [7, 11) is 2.74. The van der Waals surface area contributed by atoms with E-state index in [2.05, 4.69) is 21.3 Å². The number of carbonyl (C=O) groups excluding carboxylic acids is 5. The van der Waals surface area contributed by atoms with Gasteiger partial charge >= 0.3 is 0 Å². The molecule has 13 heteroatoms. The second kappa shape index (κ2) is 13.4. The average Bonchev–Trinajstić information content (AvgIpc) is 2.80. The molecule has 1 aromatic carbocycles. The van der Waals surface area contributed by atoms with Crippen LogP contribution in [0.1, 0.15) is 25.8 Å². The molecule has 0 aliphatic carbocycles. The van der Waals surface area contributed by atoms with Crippen molar-refractivity contribution in [2.75, 3.05) is 18.8 Å². The molecule has 5 amide bonds. The highest BCUT2D eigenvalue weighted by atomic mass is 33.1. The normalized spacial score (nSPS) is 25.2. The Kier molecular flexibility index (Phi) is 10.9. The van der Waals surface area contributed by atoms with Crippen LogP contribution >= 0.6 is 21.6 Å². The Morgan fingerprint density at radius 2 is 1.71 bits per heavy atom. The number of hydrogen-bond donors (Lipinski definition) is 6. The smallest absolute Gasteiger partial charge is 0.243 e. The maximum absolute atomic E-state index is 13.0. The second-order valence-corrected chi connectivity index (χ2v) is 11.8. The molecule has 8 N–H and O–H groups in total. The van der Waals surface area contributed by atoms with Crippen molar-refractivity contribution in [3.63, 3.8) is 0 Å². The molecule has 2 rings (SSSR count). The molecule has 11 nitrogen and oxygen atoms in total. The van der Waals surface area contributed by atoms with Gasteiger partial charge in [-0.25, -0.2) is 0 Å². The first-order chi connectivity index (χ1) is 16.5. The maximum Gasteiger partial charge on any atom is 0.243 e. The summed E-state index contributed by atoms with van der Waals surface area (Å²) in [5.74, 6) is -2.80. The molecule has 0 bridgehead atoms. The van der Waals surface area contributed by atoms with Crippen LogP contribution in [0.25, 0.3) is 0 Å². The van der Waals surface area contributed by atoms with Crippen molar-refractivity contribution in [3.05, 3.63) is 35.9 Å². The Morgan fingerprint density at radius 1 is 1.03 bits per heavy atom. The summed E-state index contributed by atoms with van der Waals surface area (Å²) in [6.07, 6.45) is -0.0867. The molecule has 3 unspecified atom stereocenters. The Hall–Kier alpha value is -2.77. The lowest BCUT2D eigenvalue weighted by molar-refractivity contribution is -0.132. The number of nitrogens with two attached hydrogens (primary N) is 2. The van der Waals surface area contributed by atoms with Gasteiger partial charge in [0.1, 0.15) is 12.1 Å². The van der Waals surface area contributed by atoms with Gasteiger partial charge in [-0.3, -0.25) is 24.0 Å². The zero-order chi connectivity index (χ0) is 26.0. The molecule has 35 heavy (non-hydrogen) atoms. The highest BCUT2D eigenvalue weighted by Gasteiger charge is 2.28. The lowest BCUT2D eigenvalue weighted by Gasteiger charge is -2.26. The molecule has 0 saturated carbocycles. The predicted octanol–water partition coefficient (Wildman–Crippen LogP) is -1.19. The van der Waals surface area contributed by atoms with Crippen LogP contribution in [0.2, 0.25) is 0 Å². The molecule has 3 atom stereocenters. The summed E-state index contributed by atoms with van der Waals surface area (Å²) in [4.78, 5) is 62.0. The monoisotopic (exact) mass is 524 g/mol. The van der Waals surface area contributed by atoms with Crippen molar-refractivity contribution < 1.29 is 24.0 Å². The minimum absolute atomic E-state index is 0.159. The van der Waals surface area contributed by atoms with E-state index in [0.717, 1.165) is 5.56 Å². The highest BCUT2D eigenvalue weighted by Crippen LogP contribution is 2.35. The van der Waals surface area contributed by atoms with Crippen molar-refractivity contribution in [2.45, 2.75) is 49.6 Å². The largest absolute Gasteiger partial charge is 0.368 e. The van der Waals surface area contributed by atoms with Gasteiger partial charge in [0, 0.05) is 23.5 Å². The van der Waals surface area contributed by atoms with Gasteiger partial charge in [0.25, 0.3) is 0 Å². The molecule has 1 heterocycles. The second-order valence-electron chi connectivity index (χ2n) is 8.71. The number of carbonyl (C=O) groups is 5. The summed E-state index contributed by atoms with van der Waals surface area (Å²) in [6, 6.07) is 5.91. The fourth-order valence-electron chi connectivity index (χ4n) is 3.04. The number of rotatable bonds is 3. The third-order valence-electron chi connectivity index (χ3n) is 4.99. The summed E-state index contributed by atoms with van der Waals surface area (Å²) in [5.41, 5.74) is 12.1. The molecule has 1 aliphatic rings. The lowest BCUT2D eigenvalue weighted by atomic mass is 10.0. The molecule has 0 radical (unpaired) electrons. The Labute approximate surface area is 212 Å². The van der Waals surface area contributed by atoms with Crippen LogP contribution in [0.15, 0.2) is 30.3 Å². The van der Waals surface area contributed by atoms with Crippen LogP contribution in [0.4, 0.5) is 0 Å². The lowest BCUT2D eigenvalue weighted by Crippen LogP contribution is -2.56. The quantitative estimate of drug-likeness (QED) is 0.266. The van der Waals surface area contributed by atoms with E-state index in [9.17, 15) is 24.0 Å².